The number of hydrogen-bond donors (Lipinski definition) is 3. The van der Waals surface area contributed by atoms with Gasteiger partial charge in [-0.1, -0.05) is 43.8 Å². The zero-order valence-corrected chi connectivity index (χ0v) is 19.3. The first-order chi connectivity index (χ1) is 15.8. The van der Waals surface area contributed by atoms with Crippen LogP contribution >= 0.6 is 11.8 Å². The van der Waals surface area contributed by atoms with E-state index in [1.807, 2.05) is 32.0 Å². The van der Waals surface area contributed by atoms with Crippen LogP contribution in [0.15, 0.2) is 59.8 Å². The Morgan fingerprint density at radius 3 is 2.27 bits per heavy atom. The minimum absolute atomic E-state index is 0.0653. The Kier molecular flexibility index (Phi) is 7.83. The van der Waals surface area contributed by atoms with Crippen molar-refractivity contribution in [3.05, 3.63) is 71.5 Å². The maximum atomic E-state index is 12.6. The second-order valence-electron chi connectivity index (χ2n) is 7.68. The molecule has 1 unspecified atom stereocenters. The van der Waals surface area contributed by atoms with Crippen molar-refractivity contribution in [1.29, 1.82) is 0 Å². The number of amides is 2. The van der Waals surface area contributed by atoms with Crippen LogP contribution in [0.5, 0.6) is 0 Å². The average Bonchev–Trinajstić information content (AvgIpc) is 3.16. The molecule has 0 aliphatic heterocycles. The molecule has 0 radical (unpaired) electrons. The third kappa shape index (κ3) is 6.19. The maximum Gasteiger partial charge on any atom is 0.335 e. The molecular formula is C23H25N5O4S. The number of anilines is 1. The summed E-state index contributed by atoms with van der Waals surface area (Å²) in [6, 6.07) is 14.5. The lowest BCUT2D eigenvalue weighted by Gasteiger charge is -2.21. The number of nitrogens with zero attached hydrogens (tertiary/aromatic N) is 3. The van der Waals surface area contributed by atoms with Gasteiger partial charge in [-0.15, -0.1) is 10.2 Å². The molecule has 0 saturated heterocycles. The molecule has 0 aliphatic carbocycles. The van der Waals surface area contributed by atoms with Crippen LogP contribution in [0.1, 0.15) is 46.4 Å². The highest BCUT2D eigenvalue weighted by atomic mass is 32.2. The number of hydrogen-bond acceptors (Lipinski definition) is 6. The quantitative estimate of drug-likeness (QED) is 0.412. The molecule has 0 spiro atoms. The second kappa shape index (κ2) is 10.8. The smallest absolute Gasteiger partial charge is 0.335 e. The molecular weight excluding hydrogens is 442 g/mol. The summed E-state index contributed by atoms with van der Waals surface area (Å²) in [7, 11) is 1.80. The predicted octanol–water partition coefficient (Wildman–Crippen LogP) is 3.37. The molecule has 2 amide bonds. The van der Waals surface area contributed by atoms with Gasteiger partial charge in [-0.2, -0.15) is 0 Å². The Bertz CT molecular complexity index is 1130. The third-order valence-corrected chi connectivity index (χ3v) is 5.90. The number of carbonyl (C=O) groups excluding carboxylic acids is 2. The van der Waals surface area contributed by atoms with Crippen LogP contribution in [0.4, 0.5) is 5.69 Å². The van der Waals surface area contributed by atoms with E-state index in [2.05, 4.69) is 20.8 Å². The van der Waals surface area contributed by atoms with Gasteiger partial charge in [0.1, 0.15) is 0 Å². The second-order valence-corrected chi connectivity index (χ2v) is 8.62. The van der Waals surface area contributed by atoms with Gasteiger partial charge in [0.15, 0.2) is 11.0 Å². The Labute approximate surface area is 195 Å². The van der Waals surface area contributed by atoms with Crippen molar-refractivity contribution in [1.82, 2.24) is 20.1 Å². The Hall–Kier alpha value is -3.66. The molecule has 0 fully saturated rings. The van der Waals surface area contributed by atoms with Crippen molar-refractivity contribution in [2.24, 2.45) is 13.0 Å². The van der Waals surface area contributed by atoms with Gasteiger partial charge in [0, 0.05) is 18.3 Å². The maximum absolute atomic E-state index is 12.6. The lowest BCUT2D eigenvalue weighted by molar-refractivity contribution is -0.113. The zero-order valence-electron chi connectivity index (χ0n) is 18.5. The van der Waals surface area contributed by atoms with Crippen LogP contribution in [-0.4, -0.2) is 43.4 Å². The summed E-state index contributed by atoms with van der Waals surface area (Å²) in [6.07, 6.45) is 0. The van der Waals surface area contributed by atoms with Crippen LogP contribution in [-0.2, 0) is 11.8 Å². The monoisotopic (exact) mass is 467 g/mol. The normalized spacial score (nSPS) is 11.8. The molecule has 0 saturated carbocycles. The highest BCUT2D eigenvalue weighted by molar-refractivity contribution is 7.99. The number of aromatic nitrogens is 3. The van der Waals surface area contributed by atoms with Crippen LogP contribution in [0.3, 0.4) is 0 Å². The van der Waals surface area contributed by atoms with Crippen molar-refractivity contribution in [3.8, 4) is 0 Å². The van der Waals surface area contributed by atoms with Crippen LogP contribution in [0, 0.1) is 5.92 Å². The minimum Gasteiger partial charge on any atom is -0.478 e. The molecule has 3 rings (SSSR count). The fourth-order valence-electron chi connectivity index (χ4n) is 3.09. The first-order valence-corrected chi connectivity index (χ1v) is 11.3. The molecule has 172 valence electrons. The Morgan fingerprint density at radius 2 is 1.67 bits per heavy atom. The SMILES string of the molecule is CC(C)C(NC(=O)c1ccccc1)c1nnc(SCC(=O)Nc2ccc(C(=O)O)cc2)n1C. The summed E-state index contributed by atoms with van der Waals surface area (Å²) < 4.78 is 1.77. The van der Waals surface area contributed by atoms with Gasteiger partial charge in [0.25, 0.3) is 5.91 Å². The Morgan fingerprint density at radius 1 is 1.00 bits per heavy atom. The molecule has 0 aliphatic rings. The number of nitrogens with one attached hydrogen (secondary N) is 2. The predicted molar refractivity (Wildman–Crippen MR) is 125 cm³/mol. The van der Waals surface area contributed by atoms with E-state index < -0.39 is 5.97 Å². The van der Waals surface area contributed by atoms with Gasteiger partial charge >= 0.3 is 5.97 Å². The summed E-state index contributed by atoms with van der Waals surface area (Å²) in [6.45, 7) is 3.97. The molecule has 9 nitrogen and oxygen atoms in total. The molecule has 33 heavy (non-hydrogen) atoms. The van der Waals surface area contributed by atoms with Crippen molar-refractivity contribution < 1.29 is 19.5 Å². The van der Waals surface area contributed by atoms with E-state index >= 15 is 0 Å². The molecule has 0 bridgehead atoms. The summed E-state index contributed by atoms with van der Waals surface area (Å²) in [4.78, 5) is 35.9. The molecule has 10 heteroatoms. The van der Waals surface area contributed by atoms with E-state index in [1.165, 1.54) is 36.0 Å². The fourth-order valence-corrected chi connectivity index (χ4v) is 3.81. The summed E-state index contributed by atoms with van der Waals surface area (Å²) in [5, 5.41) is 23.7. The average molecular weight is 468 g/mol. The van der Waals surface area contributed by atoms with Gasteiger partial charge < -0.3 is 20.3 Å². The first-order valence-electron chi connectivity index (χ1n) is 10.3. The largest absolute Gasteiger partial charge is 0.478 e. The first kappa shape index (κ1) is 24.0. The van der Waals surface area contributed by atoms with Crippen molar-refractivity contribution >= 4 is 35.2 Å². The number of aromatic carboxylic acids is 1. The van der Waals surface area contributed by atoms with Crippen molar-refractivity contribution in [2.45, 2.75) is 25.0 Å². The fraction of sp³-hybridized carbons (Fsp3) is 0.261. The van der Waals surface area contributed by atoms with Crippen LogP contribution < -0.4 is 10.6 Å². The van der Waals surface area contributed by atoms with E-state index in [0.717, 1.165) is 0 Å². The number of carbonyl (C=O) groups is 3. The van der Waals surface area contributed by atoms with Crippen LogP contribution in [0.25, 0.3) is 0 Å². The zero-order chi connectivity index (χ0) is 24.0. The van der Waals surface area contributed by atoms with Gasteiger partial charge in [-0.25, -0.2) is 4.79 Å². The molecule has 1 aromatic heterocycles. The molecule has 3 aromatic rings. The minimum atomic E-state index is -1.03. The van der Waals surface area contributed by atoms with E-state index in [4.69, 9.17) is 5.11 Å². The van der Waals surface area contributed by atoms with Gasteiger partial charge in [-0.3, -0.25) is 9.59 Å². The standard InChI is InChI=1S/C23H25N5O4S/c1-14(2)19(25-21(30)15-7-5-4-6-8-15)20-26-27-23(28(20)3)33-13-18(29)24-17-11-9-16(10-12-17)22(31)32/h4-12,14,19H,13H2,1-3H3,(H,24,29)(H,25,30)(H,31,32). The molecule has 2 aromatic carbocycles. The summed E-state index contributed by atoms with van der Waals surface area (Å²) in [5.74, 6) is -0.724. The summed E-state index contributed by atoms with van der Waals surface area (Å²) >= 11 is 1.22. The van der Waals surface area contributed by atoms with Gasteiger partial charge in [0.05, 0.1) is 17.4 Å². The number of thioether (sulfide) groups is 1. The summed E-state index contributed by atoms with van der Waals surface area (Å²) in [5.41, 5.74) is 1.22. The molecule has 1 atom stereocenters. The van der Waals surface area contributed by atoms with E-state index in [1.54, 1.807) is 23.7 Å². The van der Waals surface area contributed by atoms with Gasteiger partial charge in [-0.05, 0) is 42.3 Å². The van der Waals surface area contributed by atoms with Crippen LogP contribution in [0.2, 0.25) is 0 Å². The lowest BCUT2D eigenvalue weighted by atomic mass is 10.0. The highest BCUT2D eigenvalue weighted by Crippen LogP contribution is 2.24. The van der Waals surface area contributed by atoms with Crippen molar-refractivity contribution in [3.63, 3.8) is 0 Å². The topological polar surface area (TPSA) is 126 Å². The number of rotatable bonds is 9. The highest BCUT2D eigenvalue weighted by Gasteiger charge is 2.25. The van der Waals surface area contributed by atoms with E-state index in [0.29, 0.717) is 22.2 Å². The van der Waals surface area contributed by atoms with Crippen molar-refractivity contribution in [2.75, 3.05) is 11.1 Å². The van der Waals surface area contributed by atoms with E-state index in [9.17, 15) is 14.4 Å². The Balaban J connectivity index is 1.63. The molecule has 1 heterocycles. The number of carboxylic acid groups (broad SMARTS) is 1. The van der Waals surface area contributed by atoms with Gasteiger partial charge in [0.2, 0.25) is 5.91 Å². The van der Waals surface area contributed by atoms with E-state index in [-0.39, 0.29) is 35.1 Å². The third-order valence-electron chi connectivity index (χ3n) is 4.88. The lowest BCUT2D eigenvalue weighted by Crippen LogP contribution is -2.33. The number of carboxylic acids is 1. The number of benzene rings is 2. The molecule has 3 N–H and O–H groups in total.